The molecule has 0 aliphatic carbocycles. The summed E-state index contributed by atoms with van der Waals surface area (Å²) in [5.41, 5.74) is 0.922. The van der Waals surface area contributed by atoms with Crippen LogP contribution in [0.25, 0.3) is 0 Å². The Hall–Kier alpha value is -2.68. The summed E-state index contributed by atoms with van der Waals surface area (Å²) in [5.74, 6) is -2.55. The second-order valence-electron chi connectivity index (χ2n) is 6.24. The highest BCUT2D eigenvalue weighted by atomic mass is 16.6. The molecular formula is C17H24N2O7. The van der Waals surface area contributed by atoms with Gasteiger partial charge in [0.2, 0.25) is 0 Å². The van der Waals surface area contributed by atoms with Gasteiger partial charge >= 0.3 is 17.6 Å². The fourth-order valence-corrected chi connectivity index (χ4v) is 2.67. The van der Waals surface area contributed by atoms with E-state index in [1.54, 1.807) is 12.1 Å². The first kappa shape index (κ1) is 21.4. The molecule has 0 radical (unpaired) electrons. The maximum absolute atomic E-state index is 11.0. The van der Waals surface area contributed by atoms with E-state index in [1.165, 1.54) is 12.8 Å². The van der Waals surface area contributed by atoms with Crippen LogP contribution in [0.15, 0.2) is 18.2 Å². The molecule has 2 rings (SSSR count). The molecule has 144 valence electrons. The van der Waals surface area contributed by atoms with E-state index in [2.05, 4.69) is 11.8 Å². The van der Waals surface area contributed by atoms with Crippen LogP contribution >= 0.6 is 0 Å². The summed E-state index contributed by atoms with van der Waals surface area (Å²) in [6.45, 7) is 7.62. The van der Waals surface area contributed by atoms with Crippen molar-refractivity contribution in [2.24, 2.45) is 5.92 Å². The van der Waals surface area contributed by atoms with Gasteiger partial charge < -0.3 is 14.9 Å². The average Bonchev–Trinajstić information content (AvgIpc) is 2.56. The number of ether oxygens (including phenoxy) is 1. The van der Waals surface area contributed by atoms with Crippen LogP contribution in [0.3, 0.4) is 0 Å². The average molecular weight is 368 g/mol. The van der Waals surface area contributed by atoms with Crippen LogP contribution in [0.1, 0.15) is 25.3 Å². The summed E-state index contributed by atoms with van der Waals surface area (Å²) in [6, 6.07) is 5.08. The van der Waals surface area contributed by atoms with Gasteiger partial charge in [-0.05, 0) is 43.9 Å². The molecule has 1 fully saturated rings. The number of nitro benzene ring substituents is 1. The molecule has 0 spiro atoms. The van der Waals surface area contributed by atoms with E-state index in [9.17, 15) is 10.1 Å². The Bertz CT molecular complexity index is 636. The van der Waals surface area contributed by atoms with Crippen molar-refractivity contribution < 1.29 is 29.5 Å². The van der Waals surface area contributed by atoms with Gasteiger partial charge in [-0.1, -0.05) is 13.0 Å². The van der Waals surface area contributed by atoms with Gasteiger partial charge in [-0.15, -0.1) is 0 Å². The largest absolute Gasteiger partial charge is 0.485 e. The van der Waals surface area contributed by atoms with Gasteiger partial charge in [0.15, 0.2) is 5.75 Å². The topological polar surface area (TPSA) is 130 Å². The van der Waals surface area contributed by atoms with Crippen molar-refractivity contribution >= 4 is 17.6 Å². The summed E-state index contributed by atoms with van der Waals surface area (Å²) < 4.78 is 5.61. The minimum Gasteiger partial charge on any atom is -0.485 e. The zero-order valence-electron chi connectivity index (χ0n) is 14.9. The lowest BCUT2D eigenvalue weighted by atomic mass is 10.0. The van der Waals surface area contributed by atoms with Gasteiger partial charge in [-0.25, -0.2) is 9.59 Å². The Morgan fingerprint density at radius 1 is 1.35 bits per heavy atom. The molecule has 1 aliphatic heterocycles. The lowest BCUT2D eigenvalue weighted by molar-refractivity contribution is -0.385. The number of rotatable bonds is 5. The standard InChI is InChI=1S/C15H22N2O3.C2H2O4/c1-12-5-6-15(14(10-12)17(18)19)20-9-8-16-7-3-4-13(2)11-16;3-1(4)2(5)6/h5-6,10,13H,3-4,7-9,11H2,1-2H3;(H,3,4)(H,5,6). The number of aliphatic carboxylic acids is 2. The molecule has 0 aromatic heterocycles. The number of nitrogens with zero attached hydrogens (tertiary/aromatic N) is 2. The van der Waals surface area contributed by atoms with Gasteiger partial charge in [0, 0.05) is 19.2 Å². The summed E-state index contributed by atoms with van der Waals surface area (Å²) >= 11 is 0. The number of likely N-dealkylation sites (tertiary alicyclic amines) is 1. The molecule has 1 heterocycles. The zero-order valence-corrected chi connectivity index (χ0v) is 14.9. The Morgan fingerprint density at radius 3 is 2.54 bits per heavy atom. The summed E-state index contributed by atoms with van der Waals surface area (Å²) in [5, 5.41) is 25.8. The molecule has 1 unspecified atom stereocenters. The molecular weight excluding hydrogens is 344 g/mol. The zero-order chi connectivity index (χ0) is 19.7. The summed E-state index contributed by atoms with van der Waals surface area (Å²) in [6.07, 6.45) is 2.52. The lowest BCUT2D eigenvalue weighted by Crippen LogP contribution is -2.37. The normalized spacial score (nSPS) is 16.9. The molecule has 1 atom stereocenters. The van der Waals surface area contributed by atoms with E-state index < -0.39 is 11.9 Å². The Balaban J connectivity index is 0.000000487. The van der Waals surface area contributed by atoms with Gasteiger partial charge in [-0.3, -0.25) is 15.0 Å². The van der Waals surface area contributed by atoms with Crippen LogP contribution < -0.4 is 4.74 Å². The first-order chi connectivity index (χ1) is 12.2. The molecule has 1 aliphatic rings. The Kier molecular flexibility index (Phi) is 8.50. The SMILES string of the molecule is Cc1ccc(OCCN2CCCC(C)C2)c([N+](=O)[O-])c1.O=C(O)C(=O)O. The van der Waals surface area contributed by atoms with Crippen molar-refractivity contribution in [2.75, 3.05) is 26.2 Å². The van der Waals surface area contributed by atoms with E-state index in [0.717, 1.165) is 31.1 Å². The van der Waals surface area contributed by atoms with E-state index in [0.29, 0.717) is 12.4 Å². The highest BCUT2D eigenvalue weighted by Crippen LogP contribution is 2.27. The molecule has 0 amide bonds. The number of carboxylic acid groups (broad SMARTS) is 2. The number of carboxylic acids is 2. The second kappa shape index (κ2) is 10.3. The predicted molar refractivity (Wildman–Crippen MR) is 93.4 cm³/mol. The van der Waals surface area contributed by atoms with E-state index in [4.69, 9.17) is 24.5 Å². The Morgan fingerprint density at radius 2 is 2.00 bits per heavy atom. The third kappa shape index (κ3) is 7.47. The molecule has 9 nitrogen and oxygen atoms in total. The van der Waals surface area contributed by atoms with E-state index in [1.807, 2.05) is 13.0 Å². The maximum atomic E-state index is 11.0. The minimum atomic E-state index is -1.82. The smallest absolute Gasteiger partial charge is 0.414 e. The number of piperidine rings is 1. The van der Waals surface area contributed by atoms with Gasteiger partial charge in [-0.2, -0.15) is 0 Å². The van der Waals surface area contributed by atoms with Crippen LogP contribution in [0.2, 0.25) is 0 Å². The molecule has 0 saturated carbocycles. The first-order valence-electron chi connectivity index (χ1n) is 8.27. The van der Waals surface area contributed by atoms with Crippen molar-refractivity contribution in [2.45, 2.75) is 26.7 Å². The quantitative estimate of drug-likeness (QED) is 0.459. The molecule has 1 aromatic rings. The van der Waals surface area contributed by atoms with Crippen molar-refractivity contribution in [3.63, 3.8) is 0 Å². The number of carbonyl (C=O) groups is 2. The van der Waals surface area contributed by atoms with Crippen LogP contribution in [-0.2, 0) is 9.59 Å². The van der Waals surface area contributed by atoms with Crippen molar-refractivity contribution in [1.29, 1.82) is 0 Å². The highest BCUT2D eigenvalue weighted by molar-refractivity contribution is 6.27. The Labute approximate surface area is 151 Å². The molecule has 2 N–H and O–H groups in total. The highest BCUT2D eigenvalue weighted by Gasteiger charge is 2.18. The molecule has 0 bridgehead atoms. The van der Waals surface area contributed by atoms with Crippen molar-refractivity contribution in [3.8, 4) is 5.75 Å². The molecule has 1 aromatic carbocycles. The number of nitro groups is 1. The van der Waals surface area contributed by atoms with E-state index >= 15 is 0 Å². The number of benzene rings is 1. The fourth-order valence-electron chi connectivity index (χ4n) is 2.67. The van der Waals surface area contributed by atoms with Crippen LogP contribution in [0, 0.1) is 23.0 Å². The van der Waals surface area contributed by atoms with Crippen molar-refractivity contribution in [3.05, 3.63) is 33.9 Å². The number of hydrogen-bond donors (Lipinski definition) is 2. The maximum Gasteiger partial charge on any atom is 0.414 e. The molecule has 9 heteroatoms. The third-order valence-corrected chi connectivity index (χ3v) is 3.90. The van der Waals surface area contributed by atoms with Crippen LogP contribution in [-0.4, -0.2) is 58.2 Å². The fraction of sp³-hybridized carbons (Fsp3) is 0.529. The van der Waals surface area contributed by atoms with Crippen molar-refractivity contribution in [1.82, 2.24) is 4.90 Å². The van der Waals surface area contributed by atoms with E-state index in [-0.39, 0.29) is 10.6 Å². The molecule has 1 saturated heterocycles. The monoisotopic (exact) mass is 368 g/mol. The first-order valence-corrected chi connectivity index (χ1v) is 8.27. The number of hydrogen-bond acceptors (Lipinski definition) is 6. The van der Waals surface area contributed by atoms with Crippen LogP contribution in [0.5, 0.6) is 5.75 Å². The molecule has 26 heavy (non-hydrogen) atoms. The lowest BCUT2D eigenvalue weighted by Gasteiger charge is -2.30. The third-order valence-electron chi connectivity index (χ3n) is 3.90. The summed E-state index contributed by atoms with van der Waals surface area (Å²) in [4.78, 5) is 31.2. The minimum absolute atomic E-state index is 0.0528. The van der Waals surface area contributed by atoms with Gasteiger partial charge in [0.25, 0.3) is 0 Å². The summed E-state index contributed by atoms with van der Waals surface area (Å²) in [7, 11) is 0. The van der Waals surface area contributed by atoms with Gasteiger partial charge in [0.1, 0.15) is 6.61 Å². The predicted octanol–water partition coefficient (Wildman–Crippen LogP) is 2.17. The number of aryl methyl sites for hydroxylation is 1. The van der Waals surface area contributed by atoms with Crippen LogP contribution in [0.4, 0.5) is 5.69 Å². The van der Waals surface area contributed by atoms with Gasteiger partial charge in [0.05, 0.1) is 4.92 Å². The second-order valence-corrected chi connectivity index (χ2v) is 6.24.